The zero-order valence-electron chi connectivity index (χ0n) is 16.3. The van der Waals surface area contributed by atoms with Crippen LogP contribution in [0.2, 0.25) is 0 Å². The Morgan fingerprint density at radius 3 is 2.48 bits per heavy atom. The van der Waals surface area contributed by atoms with Crippen LogP contribution in [-0.2, 0) is 0 Å². The summed E-state index contributed by atoms with van der Waals surface area (Å²) in [6.45, 7) is 8.21. The van der Waals surface area contributed by atoms with Crippen molar-refractivity contribution in [2.45, 2.75) is 27.2 Å². The normalized spacial score (nSPS) is 20.0. The van der Waals surface area contributed by atoms with Gasteiger partial charge in [-0.3, -0.25) is 4.79 Å². The fourth-order valence-electron chi connectivity index (χ4n) is 4.30. The van der Waals surface area contributed by atoms with Gasteiger partial charge < -0.3 is 4.90 Å². The molecule has 2 unspecified atom stereocenters. The van der Waals surface area contributed by atoms with Crippen LogP contribution < -0.4 is 0 Å². The largest absolute Gasteiger partial charge is 0.338 e. The Morgan fingerprint density at radius 1 is 1.00 bits per heavy atom. The van der Waals surface area contributed by atoms with Crippen molar-refractivity contribution in [1.29, 1.82) is 0 Å². The van der Waals surface area contributed by atoms with Crippen molar-refractivity contribution in [1.82, 2.24) is 9.88 Å². The zero-order valence-corrected chi connectivity index (χ0v) is 16.3. The number of aromatic nitrogens is 1. The lowest BCUT2D eigenvalue weighted by Gasteiger charge is -2.35. The minimum Gasteiger partial charge on any atom is -0.338 e. The van der Waals surface area contributed by atoms with E-state index in [-0.39, 0.29) is 5.91 Å². The van der Waals surface area contributed by atoms with Gasteiger partial charge in [0.15, 0.2) is 0 Å². The summed E-state index contributed by atoms with van der Waals surface area (Å²) in [6, 6.07) is 18.2. The minimum atomic E-state index is 0.126. The number of likely N-dealkylation sites (tertiary alicyclic amines) is 1. The highest BCUT2D eigenvalue weighted by Crippen LogP contribution is 2.28. The lowest BCUT2D eigenvalue weighted by molar-refractivity contribution is 0.0625. The third kappa shape index (κ3) is 3.59. The summed E-state index contributed by atoms with van der Waals surface area (Å²) < 4.78 is 0. The molecule has 0 bridgehead atoms. The molecule has 3 nitrogen and oxygen atoms in total. The van der Waals surface area contributed by atoms with Crippen molar-refractivity contribution >= 4 is 16.8 Å². The second kappa shape index (κ2) is 7.15. The minimum absolute atomic E-state index is 0.126. The first-order valence-corrected chi connectivity index (χ1v) is 9.77. The fourth-order valence-corrected chi connectivity index (χ4v) is 4.30. The number of benzene rings is 2. The molecule has 1 fully saturated rings. The van der Waals surface area contributed by atoms with E-state index in [0.29, 0.717) is 11.8 Å². The van der Waals surface area contributed by atoms with E-state index in [0.717, 1.165) is 40.8 Å². The first-order valence-electron chi connectivity index (χ1n) is 9.77. The monoisotopic (exact) mass is 358 g/mol. The van der Waals surface area contributed by atoms with Gasteiger partial charge in [0.25, 0.3) is 5.91 Å². The van der Waals surface area contributed by atoms with Crippen LogP contribution in [0.5, 0.6) is 0 Å². The summed E-state index contributed by atoms with van der Waals surface area (Å²) in [5, 5.41) is 0.935. The molecule has 1 aliphatic rings. The predicted molar refractivity (Wildman–Crippen MR) is 111 cm³/mol. The Morgan fingerprint density at radius 2 is 1.74 bits per heavy atom. The van der Waals surface area contributed by atoms with Crippen LogP contribution in [0, 0.1) is 18.8 Å². The van der Waals surface area contributed by atoms with E-state index < -0.39 is 0 Å². The molecule has 3 heteroatoms. The van der Waals surface area contributed by atoms with E-state index >= 15 is 0 Å². The highest BCUT2D eigenvalue weighted by atomic mass is 16.2. The van der Waals surface area contributed by atoms with Gasteiger partial charge in [-0.05, 0) is 43.4 Å². The number of rotatable bonds is 2. The van der Waals surface area contributed by atoms with Crippen molar-refractivity contribution in [3.05, 3.63) is 65.7 Å². The lowest BCUT2D eigenvalue weighted by atomic mass is 9.91. The smallest absolute Gasteiger partial charge is 0.254 e. The number of aryl methyl sites for hydroxylation is 1. The zero-order chi connectivity index (χ0) is 19.0. The van der Waals surface area contributed by atoms with E-state index in [1.54, 1.807) is 0 Å². The number of hydrogen-bond acceptors (Lipinski definition) is 2. The number of pyridine rings is 1. The Kier molecular flexibility index (Phi) is 4.69. The average molecular weight is 358 g/mol. The lowest BCUT2D eigenvalue weighted by Crippen LogP contribution is -2.42. The molecule has 27 heavy (non-hydrogen) atoms. The molecule has 1 amide bonds. The molecule has 1 saturated heterocycles. The third-order valence-corrected chi connectivity index (χ3v) is 5.42. The van der Waals surface area contributed by atoms with Crippen molar-refractivity contribution in [2.24, 2.45) is 11.8 Å². The molecule has 4 rings (SSSR count). The number of carbonyl (C=O) groups is 1. The molecular weight excluding hydrogens is 332 g/mol. The summed E-state index contributed by atoms with van der Waals surface area (Å²) in [5.41, 5.74) is 4.74. The number of para-hydroxylation sites is 1. The quantitative estimate of drug-likeness (QED) is 0.620. The standard InChI is InChI=1S/C24H26N2O/c1-16-7-6-8-19(12-16)23-13-21(20-9-4-5-10-22(20)25-23)24(27)26-14-17(2)11-18(3)15-26/h4-10,12-13,17-18H,11,14-15H2,1-3H3. The van der Waals surface area contributed by atoms with Crippen molar-refractivity contribution < 1.29 is 4.79 Å². The maximum atomic E-state index is 13.5. The van der Waals surface area contributed by atoms with Gasteiger partial charge in [0.1, 0.15) is 0 Å². The molecule has 1 aliphatic heterocycles. The van der Waals surface area contributed by atoms with Gasteiger partial charge in [-0.2, -0.15) is 0 Å². The molecular formula is C24H26N2O. The van der Waals surface area contributed by atoms with Crippen LogP contribution in [0.15, 0.2) is 54.6 Å². The maximum Gasteiger partial charge on any atom is 0.254 e. The molecule has 0 aliphatic carbocycles. The number of amides is 1. The highest BCUT2D eigenvalue weighted by Gasteiger charge is 2.27. The van der Waals surface area contributed by atoms with Crippen LogP contribution in [0.3, 0.4) is 0 Å². The van der Waals surface area contributed by atoms with Gasteiger partial charge in [-0.1, -0.05) is 55.8 Å². The molecule has 1 aromatic heterocycles. The van der Waals surface area contributed by atoms with E-state index in [9.17, 15) is 4.79 Å². The van der Waals surface area contributed by atoms with Crippen LogP contribution >= 0.6 is 0 Å². The summed E-state index contributed by atoms with van der Waals surface area (Å²) in [4.78, 5) is 20.3. The molecule has 0 spiro atoms. The van der Waals surface area contributed by atoms with E-state index in [4.69, 9.17) is 4.98 Å². The van der Waals surface area contributed by atoms with Crippen molar-refractivity contribution in [3.63, 3.8) is 0 Å². The molecule has 0 radical (unpaired) electrons. The first kappa shape index (κ1) is 17.7. The molecule has 138 valence electrons. The highest BCUT2D eigenvalue weighted by molar-refractivity contribution is 6.07. The number of hydrogen-bond donors (Lipinski definition) is 0. The summed E-state index contributed by atoms with van der Waals surface area (Å²) >= 11 is 0. The fraction of sp³-hybridized carbons (Fsp3) is 0.333. The van der Waals surface area contributed by atoms with Crippen molar-refractivity contribution in [2.75, 3.05) is 13.1 Å². The Bertz CT molecular complexity index is 985. The number of fused-ring (bicyclic) bond motifs is 1. The molecule has 2 heterocycles. The first-order chi connectivity index (χ1) is 13.0. The van der Waals surface area contributed by atoms with Crippen LogP contribution in [0.4, 0.5) is 0 Å². The molecule has 0 N–H and O–H groups in total. The van der Waals surface area contributed by atoms with Crippen molar-refractivity contribution in [3.8, 4) is 11.3 Å². The molecule has 2 aromatic carbocycles. The van der Waals surface area contributed by atoms with E-state index in [2.05, 4.69) is 39.0 Å². The number of piperidine rings is 1. The Hall–Kier alpha value is -2.68. The number of nitrogens with zero attached hydrogens (tertiary/aromatic N) is 2. The summed E-state index contributed by atoms with van der Waals surface area (Å²) in [7, 11) is 0. The van der Waals surface area contributed by atoms with Gasteiger partial charge >= 0.3 is 0 Å². The van der Waals surface area contributed by atoms with E-state index in [1.807, 2.05) is 41.3 Å². The SMILES string of the molecule is Cc1cccc(-c2cc(C(=O)N3CC(C)CC(C)C3)c3ccccc3n2)c1. The topological polar surface area (TPSA) is 33.2 Å². The summed E-state index contributed by atoms with van der Waals surface area (Å²) in [5.74, 6) is 1.21. The van der Waals surface area contributed by atoms with Crippen LogP contribution in [0.1, 0.15) is 36.2 Å². The van der Waals surface area contributed by atoms with Gasteiger partial charge in [0, 0.05) is 24.0 Å². The third-order valence-electron chi connectivity index (χ3n) is 5.42. The Labute approximate surface area is 161 Å². The second-order valence-electron chi connectivity index (χ2n) is 8.10. The van der Waals surface area contributed by atoms with Crippen LogP contribution in [-0.4, -0.2) is 28.9 Å². The Balaban J connectivity index is 1.82. The average Bonchev–Trinajstić information content (AvgIpc) is 2.66. The summed E-state index contributed by atoms with van der Waals surface area (Å²) in [6.07, 6.45) is 1.19. The maximum absolute atomic E-state index is 13.5. The van der Waals surface area contributed by atoms with Gasteiger partial charge in [0.05, 0.1) is 16.8 Å². The second-order valence-corrected chi connectivity index (χ2v) is 8.10. The predicted octanol–water partition coefficient (Wildman–Crippen LogP) is 5.33. The van der Waals surface area contributed by atoms with Crippen LogP contribution in [0.25, 0.3) is 22.2 Å². The number of carbonyl (C=O) groups excluding carboxylic acids is 1. The van der Waals surface area contributed by atoms with Gasteiger partial charge in [-0.15, -0.1) is 0 Å². The molecule has 3 aromatic rings. The van der Waals surface area contributed by atoms with Gasteiger partial charge in [0.2, 0.25) is 0 Å². The van der Waals surface area contributed by atoms with E-state index in [1.165, 1.54) is 12.0 Å². The van der Waals surface area contributed by atoms with Gasteiger partial charge in [-0.25, -0.2) is 4.98 Å². The molecule has 2 atom stereocenters. The molecule has 0 saturated carbocycles.